The van der Waals surface area contributed by atoms with Crippen LogP contribution in [0.25, 0.3) is 0 Å². The van der Waals surface area contributed by atoms with Gasteiger partial charge in [-0.1, -0.05) is 31.2 Å². The molecule has 6 nitrogen and oxygen atoms in total. The molecule has 26 heavy (non-hydrogen) atoms. The summed E-state index contributed by atoms with van der Waals surface area (Å²) in [5.74, 6) is 1.01. The largest absolute Gasteiger partial charge is 0.454 e. The van der Waals surface area contributed by atoms with Gasteiger partial charge in [0, 0.05) is 18.7 Å². The summed E-state index contributed by atoms with van der Waals surface area (Å²) in [4.78, 5) is 2.17. The molecule has 1 aliphatic rings. The van der Waals surface area contributed by atoms with E-state index >= 15 is 0 Å². The number of likely N-dealkylation sites (N-methyl/N-ethyl adjacent to an activating group) is 1. The molecule has 0 bridgehead atoms. The Bertz CT molecular complexity index is 864. The molecule has 0 unspecified atom stereocenters. The van der Waals surface area contributed by atoms with Crippen molar-refractivity contribution in [3.05, 3.63) is 53.6 Å². The number of hydrogen-bond acceptors (Lipinski definition) is 5. The minimum atomic E-state index is -3.64. The highest BCUT2D eigenvalue weighted by Gasteiger charge is 2.22. The van der Waals surface area contributed by atoms with Crippen LogP contribution in [-0.2, 0) is 16.4 Å². The van der Waals surface area contributed by atoms with Crippen molar-refractivity contribution in [2.45, 2.75) is 24.3 Å². The maximum Gasteiger partial charge on any atom is 0.240 e. The van der Waals surface area contributed by atoms with E-state index in [9.17, 15) is 8.42 Å². The van der Waals surface area contributed by atoms with Crippen LogP contribution in [0.2, 0.25) is 0 Å². The number of benzene rings is 2. The van der Waals surface area contributed by atoms with E-state index in [1.807, 2.05) is 19.0 Å². The number of aryl methyl sites for hydroxylation is 1. The van der Waals surface area contributed by atoms with Crippen molar-refractivity contribution in [1.29, 1.82) is 0 Å². The average molecular weight is 376 g/mol. The Kier molecular flexibility index (Phi) is 5.50. The van der Waals surface area contributed by atoms with E-state index in [1.54, 1.807) is 6.07 Å². The van der Waals surface area contributed by atoms with E-state index < -0.39 is 10.0 Å². The van der Waals surface area contributed by atoms with Gasteiger partial charge in [-0.2, -0.15) is 0 Å². The Hall–Kier alpha value is -2.09. The van der Waals surface area contributed by atoms with Crippen LogP contribution >= 0.6 is 0 Å². The van der Waals surface area contributed by atoms with Crippen LogP contribution in [0.4, 0.5) is 0 Å². The third-order valence-electron chi connectivity index (χ3n) is 4.52. The zero-order valence-electron chi connectivity index (χ0n) is 15.2. The SMILES string of the molecule is CCc1ccc([C@H](CNS(=O)(=O)c2ccc3c(c2)OCO3)N(C)C)cc1. The van der Waals surface area contributed by atoms with Gasteiger partial charge in [-0.15, -0.1) is 0 Å². The Morgan fingerprint density at radius 3 is 2.42 bits per heavy atom. The molecule has 0 fully saturated rings. The smallest absolute Gasteiger partial charge is 0.240 e. The lowest BCUT2D eigenvalue weighted by Crippen LogP contribution is -2.34. The topological polar surface area (TPSA) is 67.9 Å². The first-order chi connectivity index (χ1) is 12.4. The number of sulfonamides is 1. The molecule has 0 aromatic heterocycles. The Balaban J connectivity index is 1.75. The van der Waals surface area contributed by atoms with Gasteiger partial charge in [0.2, 0.25) is 16.8 Å². The molecule has 1 heterocycles. The summed E-state index contributed by atoms with van der Waals surface area (Å²) in [7, 11) is 0.232. The molecule has 0 saturated carbocycles. The van der Waals surface area contributed by atoms with Gasteiger partial charge in [-0.3, -0.25) is 0 Å². The van der Waals surface area contributed by atoms with Crippen molar-refractivity contribution in [2.75, 3.05) is 27.4 Å². The first-order valence-corrected chi connectivity index (χ1v) is 10.0. The average Bonchev–Trinajstić information content (AvgIpc) is 3.10. The highest BCUT2D eigenvalue weighted by Crippen LogP contribution is 2.33. The molecule has 0 radical (unpaired) electrons. The fourth-order valence-electron chi connectivity index (χ4n) is 2.89. The van der Waals surface area contributed by atoms with E-state index in [-0.39, 0.29) is 24.3 Å². The van der Waals surface area contributed by atoms with Crippen molar-refractivity contribution >= 4 is 10.0 Å². The summed E-state index contributed by atoms with van der Waals surface area (Å²) in [6.45, 7) is 2.50. The van der Waals surface area contributed by atoms with Crippen LogP contribution < -0.4 is 14.2 Å². The number of ether oxygens (including phenoxy) is 2. The predicted octanol–water partition coefficient (Wildman–Crippen LogP) is 2.56. The number of fused-ring (bicyclic) bond motifs is 1. The van der Waals surface area contributed by atoms with Gasteiger partial charge in [0.25, 0.3) is 0 Å². The lowest BCUT2D eigenvalue weighted by molar-refractivity contribution is 0.174. The summed E-state index contributed by atoms with van der Waals surface area (Å²) in [5.41, 5.74) is 2.33. The quantitative estimate of drug-likeness (QED) is 0.804. The number of nitrogens with one attached hydrogen (secondary N) is 1. The zero-order chi connectivity index (χ0) is 18.7. The third-order valence-corrected chi connectivity index (χ3v) is 5.94. The zero-order valence-corrected chi connectivity index (χ0v) is 16.0. The predicted molar refractivity (Wildman–Crippen MR) is 100 cm³/mol. The van der Waals surface area contributed by atoms with Gasteiger partial charge < -0.3 is 14.4 Å². The van der Waals surface area contributed by atoms with Crippen LogP contribution in [0.5, 0.6) is 11.5 Å². The molecule has 0 amide bonds. The van der Waals surface area contributed by atoms with E-state index in [0.717, 1.165) is 12.0 Å². The van der Waals surface area contributed by atoms with Crippen LogP contribution in [0.15, 0.2) is 47.4 Å². The Morgan fingerprint density at radius 2 is 1.77 bits per heavy atom. The highest BCUT2D eigenvalue weighted by atomic mass is 32.2. The van der Waals surface area contributed by atoms with Crippen molar-refractivity contribution in [3.8, 4) is 11.5 Å². The standard InChI is InChI=1S/C19H24N2O4S/c1-4-14-5-7-15(8-6-14)17(21(2)3)12-20-26(22,23)16-9-10-18-19(11-16)25-13-24-18/h5-11,17,20H,4,12-13H2,1-3H3/t17-/m0/s1. The molecular formula is C19H24N2O4S. The van der Waals surface area contributed by atoms with E-state index in [0.29, 0.717) is 11.5 Å². The number of nitrogens with zero attached hydrogens (tertiary/aromatic N) is 1. The Morgan fingerprint density at radius 1 is 1.08 bits per heavy atom. The molecule has 1 aliphatic heterocycles. The second kappa shape index (κ2) is 7.65. The van der Waals surface area contributed by atoms with Crippen molar-refractivity contribution in [1.82, 2.24) is 9.62 Å². The maximum absolute atomic E-state index is 12.7. The van der Waals surface area contributed by atoms with Crippen LogP contribution in [0, 0.1) is 0 Å². The second-order valence-corrected chi connectivity index (χ2v) is 8.21. The van der Waals surface area contributed by atoms with E-state index in [2.05, 4.69) is 35.9 Å². The van der Waals surface area contributed by atoms with E-state index in [1.165, 1.54) is 17.7 Å². The molecule has 2 aromatic carbocycles. The van der Waals surface area contributed by atoms with Gasteiger partial charge in [0.05, 0.1) is 4.90 Å². The lowest BCUT2D eigenvalue weighted by atomic mass is 10.0. The fourth-order valence-corrected chi connectivity index (χ4v) is 3.94. The molecular weight excluding hydrogens is 352 g/mol. The van der Waals surface area contributed by atoms with Gasteiger partial charge in [0.15, 0.2) is 11.5 Å². The third kappa shape index (κ3) is 4.00. The molecule has 2 aromatic rings. The molecule has 7 heteroatoms. The summed E-state index contributed by atoms with van der Waals surface area (Å²) >= 11 is 0. The van der Waals surface area contributed by atoms with Gasteiger partial charge in [-0.25, -0.2) is 13.1 Å². The first kappa shape index (κ1) is 18.7. The fraction of sp³-hybridized carbons (Fsp3) is 0.368. The monoisotopic (exact) mass is 376 g/mol. The van der Waals surface area contributed by atoms with Gasteiger partial charge in [-0.05, 0) is 43.8 Å². The molecule has 1 N–H and O–H groups in total. The summed E-state index contributed by atoms with van der Waals surface area (Å²) < 4.78 is 38.5. The summed E-state index contributed by atoms with van der Waals surface area (Å²) in [5, 5.41) is 0. The molecule has 0 aliphatic carbocycles. The molecule has 1 atom stereocenters. The lowest BCUT2D eigenvalue weighted by Gasteiger charge is -2.25. The minimum absolute atomic E-state index is 0.0651. The Labute approximate surface area is 154 Å². The normalized spacial score (nSPS) is 14.6. The highest BCUT2D eigenvalue weighted by molar-refractivity contribution is 7.89. The molecule has 0 saturated heterocycles. The minimum Gasteiger partial charge on any atom is -0.454 e. The second-order valence-electron chi connectivity index (χ2n) is 6.44. The van der Waals surface area contributed by atoms with Gasteiger partial charge in [0.1, 0.15) is 0 Å². The van der Waals surface area contributed by atoms with Crippen LogP contribution in [-0.4, -0.2) is 40.8 Å². The van der Waals surface area contributed by atoms with Crippen molar-refractivity contribution in [3.63, 3.8) is 0 Å². The summed E-state index contributed by atoms with van der Waals surface area (Å²) in [6.07, 6.45) is 0.976. The van der Waals surface area contributed by atoms with E-state index in [4.69, 9.17) is 9.47 Å². The van der Waals surface area contributed by atoms with Crippen molar-refractivity contribution in [2.24, 2.45) is 0 Å². The first-order valence-electron chi connectivity index (χ1n) is 8.55. The molecule has 140 valence electrons. The number of rotatable bonds is 7. The van der Waals surface area contributed by atoms with Crippen LogP contribution in [0.3, 0.4) is 0 Å². The maximum atomic E-state index is 12.7. The van der Waals surface area contributed by atoms with Crippen LogP contribution in [0.1, 0.15) is 24.1 Å². The summed E-state index contributed by atoms with van der Waals surface area (Å²) in [6, 6.07) is 12.8. The number of hydrogen-bond donors (Lipinski definition) is 1. The molecule has 0 spiro atoms. The van der Waals surface area contributed by atoms with Crippen molar-refractivity contribution < 1.29 is 17.9 Å². The molecule has 3 rings (SSSR count). The van der Waals surface area contributed by atoms with Gasteiger partial charge >= 0.3 is 0 Å².